The van der Waals surface area contributed by atoms with Crippen LogP contribution in [0.4, 0.5) is 0 Å². The van der Waals surface area contributed by atoms with Gasteiger partial charge < -0.3 is 9.47 Å². The Kier molecular flexibility index (Phi) is 25.2. The minimum atomic E-state index is -0.157. The molecule has 0 radical (unpaired) electrons. The van der Waals surface area contributed by atoms with E-state index in [9.17, 15) is 9.59 Å². The third kappa shape index (κ3) is 27.4. The Morgan fingerprint density at radius 3 is 1.37 bits per heavy atom. The van der Waals surface area contributed by atoms with Crippen LogP contribution in [0.1, 0.15) is 169 Å². The first-order chi connectivity index (χ1) is 17.0. The van der Waals surface area contributed by atoms with Crippen molar-refractivity contribution >= 4 is 11.9 Å². The summed E-state index contributed by atoms with van der Waals surface area (Å²) in [6.45, 7) is 9.00. The van der Waals surface area contributed by atoms with Crippen molar-refractivity contribution in [1.82, 2.24) is 0 Å². The maximum Gasteiger partial charge on any atom is 0.306 e. The fourth-order valence-corrected chi connectivity index (χ4v) is 4.62. The van der Waals surface area contributed by atoms with Gasteiger partial charge >= 0.3 is 11.9 Å². The van der Waals surface area contributed by atoms with Gasteiger partial charge in [0, 0.05) is 12.8 Å². The Bertz CT molecular complexity index is 475. The van der Waals surface area contributed by atoms with Crippen molar-refractivity contribution in [2.45, 2.75) is 175 Å². The van der Waals surface area contributed by atoms with Gasteiger partial charge in [0.2, 0.25) is 0 Å². The van der Waals surface area contributed by atoms with E-state index in [1.54, 1.807) is 0 Å². The van der Waals surface area contributed by atoms with Gasteiger partial charge in [0.1, 0.15) is 0 Å². The number of esters is 2. The summed E-state index contributed by atoms with van der Waals surface area (Å²) in [5, 5.41) is 0. The summed E-state index contributed by atoms with van der Waals surface area (Å²) >= 11 is 0. The van der Waals surface area contributed by atoms with E-state index in [-0.39, 0.29) is 18.0 Å². The fourth-order valence-electron chi connectivity index (χ4n) is 4.62. The molecule has 0 saturated heterocycles. The molecule has 0 aromatic carbocycles. The number of rotatable bonds is 26. The summed E-state index contributed by atoms with van der Waals surface area (Å²) in [7, 11) is 0. The lowest BCUT2D eigenvalue weighted by atomic mass is 10.0. The first-order valence-electron chi connectivity index (χ1n) is 15.3. The second-order valence-corrected chi connectivity index (χ2v) is 11.0. The molecule has 0 fully saturated rings. The van der Waals surface area contributed by atoms with Crippen LogP contribution in [0.15, 0.2) is 0 Å². The molecule has 0 aliphatic carbocycles. The summed E-state index contributed by atoms with van der Waals surface area (Å²) < 4.78 is 10.7. The van der Waals surface area contributed by atoms with Gasteiger partial charge in [-0.2, -0.15) is 0 Å². The normalized spacial score (nSPS) is 12.1. The van der Waals surface area contributed by atoms with Gasteiger partial charge in [-0.1, -0.05) is 124 Å². The van der Waals surface area contributed by atoms with Gasteiger partial charge in [-0.15, -0.1) is 0 Å². The zero-order valence-corrected chi connectivity index (χ0v) is 24.1. The lowest BCUT2D eigenvalue weighted by Gasteiger charge is -2.15. The maximum absolute atomic E-state index is 11.8. The van der Waals surface area contributed by atoms with Gasteiger partial charge in [-0.05, 0) is 38.5 Å². The van der Waals surface area contributed by atoms with Gasteiger partial charge in [0.15, 0.2) is 0 Å². The molecule has 4 nitrogen and oxygen atoms in total. The third-order valence-corrected chi connectivity index (χ3v) is 6.66. The molecule has 208 valence electrons. The lowest BCUT2D eigenvalue weighted by Crippen LogP contribution is -2.16. The van der Waals surface area contributed by atoms with Gasteiger partial charge in [-0.3, -0.25) is 9.59 Å². The summed E-state index contributed by atoms with van der Waals surface area (Å²) in [5.41, 5.74) is 0. The molecular formula is C31H60O4. The van der Waals surface area contributed by atoms with Crippen molar-refractivity contribution in [3.8, 4) is 0 Å². The standard InChI is InChI=1S/C31H60O4/c1-5-6-7-8-9-10-11-12-13-14-15-16-17-18-19-20-23-26-34-30(32)24-21-22-25-31(33)35-29(4)27-28(2)3/h28-29H,5-27H2,1-4H3. The largest absolute Gasteiger partial charge is 0.466 e. The minimum absolute atomic E-state index is 0.0306. The molecule has 0 spiro atoms. The average Bonchev–Trinajstić information content (AvgIpc) is 2.80. The van der Waals surface area contributed by atoms with Crippen molar-refractivity contribution in [2.75, 3.05) is 6.61 Å². The first-order valence-corrected chi connectivity index (χ1v) is 15.3. The molecule has 0 aliphatic rings. The highest BCUT2D eigenvalue weighted by molar-refractivity contribution is 5.70. The van der Waals surface area contributed by atoms with E-state index in [2.05, 4.69) is 20.8 Å². The van der Waals surface area contributed by atoms with E-state index >= 15 is 0 Å². The zero-order valence-electron chi connectivity index (χ0n) is 24.1. The van der Waals surface area contributed by atoms with Crippen LogP contribution >= 0.6 is 0 Å². The van der Waals surface area contributed by atoms with Crippen LogP contribution in [-0.4, -0.2) is 24.6 Å². The monoisotopic (exact) mass is 496 g/mol. The maximum atomic E-state index is 11.8. The van der Waals surface area contributed by atoms with E-state index in [1.165, 1.54) is 96.3 Å². The highest BCUT2D eigenvalue weighted by atomic mass is 16.5. The van der Waals surface area contributed by atoms with Crippen LogP contribution in [0.3, 0.4) is 0 Å². The van der Waals surface area contributed by atoms with E-state index in [0.29, 0.717) is 38.2 Å². The average molecular weight is 497 g/mol. The van der Waals surface area contributed by atoms with Crippen molar-refractivity contribution in [3.63, 3.8) is 0 Å². The third-order valence-electron chi connectivity index (χ3n) is 6.66. The first kappa shape index (κ1) is 33.9. The number of unbranched alkanes of at least 4 members (excludes halogenated alkanes) is 17. The highest BCUT2D eigenvalue weighted by Gasteiger charge is 2.11. The van der Waals surface area contributed by atoms with Crippen LogP contribution in [0, 0.1) is 5.92 Å². The van der Waals surface area contributed by atoms with Gasteiger partial charge in [-0.25, -0.2) is 0 Å². The Hall–Kier alpha value is -1.06. The SMILES string of the molecule is CCCCCCCCCCCCCCCCCCCOC(=O)CCCCC(=O)OC(C)CC(C)C. The molecular weight excluding hydrogens is 436 g/mol. The highest BCUT2D eigenvalue weighted by Crippen LogP contribution is 2.14. The van der Waals surface area contributed by atoms with Crippen LogP contribution < -0.4 is 0 Å². The summed E-state index contributed by atoms with van der Waals surface area (Å²) in [5.74, 6) is 0.227. The number of carbonyl (C=O) groups excluding carboxylic acids is 2. The number of hydrogen-bond acceptors (Lipinski definition) is 4. The fraction of sp³-hybridized carbons (Fsp3) is 0.935. The van der Waals surface area contributed by atoms with E-state index < -0.39 is 0 Å². The predicted molar refractivity (Wildman–Crippen MR) is 149 cm³/mol. The molecule has 4 heteroatoms. The number of ether oxygens (including phenoxy) is 2. The second kappa shape index (κ2) is 26.0. The number of carbonyl (C=O) groups is 2. The molecule has 0 aromatic rings. The molecule has 0 heterocycles. The Balaban J connectivity index is 3.29. The van der Waals surface area contributed by atoms with Gasteiger partial charge in [0.05, 0.1) is 12.7 Å². The molecule has 1 unspecified atom stereocenters. The van der Waals surface area contributed by atoms with Crippen molar-refractivity contribution in [1.29, 1.82) is 0 Å². The summed E-state index contributed by atoms with van der Waals surface area (Å²) in [4.78, 5) is 23.6. The lowest BCUT2D eigenvalue weighted by molar-refractivity contribution is -0.149. The van der Waals surface area contributed by atoms with E-state index in [4.69, 9.17) is 9.47 Å². The van der Waals surface area contributed by atoms with Gasteiger partial charge in [0.25, 0.3) is 0 Å². The molecule has 0 saturated carbocycles. The molecule has 0 amide bonds. The van der Waals surface area contributed by atoms with Crippen LogP contribution in [0.25, 0.3) is 0 Å². The Labute approximate surface area is 218 Å². The summed E-state index contributed by atoms with van der Waals surface area (Å²) in [6.07, 6.45) is 26.0. The predicted octanol–water partition coefficient (Wildman–Crippen LogP) is 9.72. The quantitative estimate of drug-likeness (QED) is 0.0883. The Morgan fingerprint density at radius 2 is 0.943 bits per heavy atom. The van der Waals surface area contributed by atoms with Crippen LogP contribution in [-0.2, 0) is 19.1 Å². The number of hydrogen-bond donors (Lipinski definition) is 0. The molecule has 1 atom stereocenters. The molecule has 0 rings (SSSR count). The molecule has 0 N–H and O–H groups in total. The summed E-state index contributed by atoms with van der Waals surface area (Å²) in [6, 6.07) is 0. The van der Waals surface area contributed by atoms with Crippen molar-refractivity contribution < 1.29 is 19.1 Å². The smallest absolute Gasteiger partial charge is 0.306 e. The molecule has 35 heavy (non-hydrogen) atoms. The van der Waals surface area contributed by atoms with Crippen molar-refractivity contribution in [2.24, 2.45) is 5.92 Å². The topological polar surface area (TPSA) is 52.6 Å². The van der Waals surface area contributed by atoms with Crippen molar-refractivity contribution in [3.05, 3.63) is 0 Å². The van der Waals surface area contributed by atoms with E-state index in [1.807, 2.05) is 6.92 Å². The second-order valence-electron chi connectivity index (χ2n) is 11.0. The zero-order chi connectivity index (χ0) is 26.0. The Morgan fingerprint density at radius 1 is 0.543 bits per heavy atom. The molecule has 0 aliphatic heterocycles. The minimum Gasteiger partial charge on any atom is -0.466 e. The molecule has 0 aromatic heterocycles. The van der Waals surface area contributed by atoms with E-state index in [0.717, 1.165) is 19.3 Å². The van der Waals surface area contributed by atoms with Crippen LogP contribution in [0.2, 0.25) is 0 Å². The van der Waals surface area contributed by atoms with Crippen LogP contribution in [0.5, 0.6) is 0 Å². The molecule has 0 bridgehead atoms.